The van der Waals surface area contributed by atoms with Gasteiger partial charge in [0.2, 0.25) is 0 Å². The molecule has 116 valence electrons. The van der Waals surface area contributed by atoms with Crippen molar-refractivity contribution >= 4 is 11.4 Å². The molecule has 2 aromatic rings. The van der Waals surface area contributed by atoms with Gasteiger partial charge in [0.1, 0.15) is 5.82 Å². The summed E-state index contributed by atoms with van der Waals surface area (Å²) in [5.74, 6) is 0.127. The lowest BCUT2D eigenvalue weighted by Crippen LogP contribution is -2.14. The van der Waals surface area contributed by atoms with Gasteiger partial charge in [0, 0.05) is 11.1 Å². The summed E-state index contributed by atoms with van der Waals surface area (Å²) in [6, 6.07) is 14.5. The SMILES string of the molecule is O=C1C(C2CCCCC2)=C(c2ccccc2)c2cc(F)ccc21. The fraction of sp³-hybridized carbons (Fsp3) is 0.286. The zero-order valence-electron chi connectivity index (χ0n) is 13.0. The molecule has 0 atom stereocenters. The number of allylic oxidation sites excluding steroid dienone is 1. The highest BCUT2D eigenvalue weighted by molar-refractivity contribution is 6.23. The molecule has 0 bridgehead atoms. The Hall–Kier alpha value is -2.22. The Labute approximate surface area is 135 Å². The van der Waals surface area contributed by atoms with Gasteiger partial charge in [-0.15, -0.1) is 0 Å². The van der Waals surface area contributed by atoms with Gasteiger partial charge in [0.15, 0.2) is 5.78 Å². The molecule has 4 rings (SSSR count). The molecule has 0 N–H and O–H groups in total. The Morgan fingerprint density at radius 1 is 0.870 bits per heavy atom. The summed E-state index contributed by atoms with van der Waals surface area (Å²) in [5, 5.41) is 0. The summed E-state index contributed by atoms with van der Waals surface area (Å²) in [7, 11) is 0. The van der Waals surface area contributed by atoms with Crippen molar-refractivity contribution < 1.29 is 9.18 Å². The second-order valence-electron chi connectivity index (χ2n) is 6.51. The maximum atomic E-state index is 13.8. The van der Waals surface area contributed by atoms with E-state index in [9.17, 15) is 9.18 Å². The zero-order chi connectivity index (χ0) is 15.8. The van der Waals surface area contributed by atoms with Crippen LogP contribution in [0, 0.1) is 11.7 Å². The minimum atomic E-state index is -0.283. The molecule has 0 amide bonds. The highest BCUT2D eigenvalue weighted by Crippen LogP contribution is 2.44. The molecule has 1 fully saturated rings. The number of ketones is 1. The molecule has 2 aliphatic rings. The number of fused-ring (bicyclic) bond motifs is 1. The first kappa shape index (κ1) is 14.4. The van der Waals surface area contributed by atoms with Crippen LogP contribution in [0.1, 0.15) is 53.6 Å². The molecule has 0 spiro atoms. The molecule has 0 radical (unpaired) electrons. The third kappa shape index (κ3) is 2.42. The van der Waals surface area contributed by atoms with Crippen molar-refractivity contribution in [2.45, 2.75) is 32.1 Å². The largest absolute Gasteiger partial charge is 0.289 e. The Morgan fingerprint density at radius 2 is 1.61 bits per heavy atom. The van der Waals surface area contributed by atoms with Crippen molar-refractivity contribution in [1.29, 1.82) is 0 Å². The minimum absolute atomic E-state index is 0.103. The first-order chi connectivity index (χ1) is 11.3. The quantitative estimate of drug-likeness (QED) is 0.725. The van der Waals surface area contributed by atoms with Crippen molar-refractivity contribution in [3.63, 3.8) is 0 Å². The van der Waals surface area contributed by atoms with Gasteiger partial charge in [0.25, 0.3) is 0 Å². The van der Waals surface area contributed by atoms with Crippen molar-refractivity contribution in [2.24, 2.45) is 5.92 Å². The normalized spacial score (nSPS) is 18.4. The van der Waals surface area contributed by atoms with Crippen LogP contribution in [0.4, 0.5) is 4.39 Å². The summed E-state index contributed by atoms with van der Waals surface area (Å²) in [6.07, 6.45) is 5.73. The van der Waals surface area contributed by atoms with Crippen LogP contribution in [0.5, 0.6) is 0 Å². The Morgan fingerprint density at radius 3 is 2.35 bits per heavy atom. The molecule has 0 heterocycles. The zero-order valence-corrected chi connectivity index (χ0v) is 13.0. The summed E-state index contributed by atoms with van der Waals surface area (Å²) in [6.45, 7) is 0. The maximum Gasteiger partial charge on any atom is 0.190 e. The summed E-state index contributed by atoms with van der Waals surface area (Å²) < 4.78 is 13.8. The smallest absolute Gasteiger partial charge is 0.190 e. The van der Waals surface area contributed by atoms with E-state index in [1.807, 2.05) is 30.3 Å². The number of Topliss-reactive ketones (excluding diaryl/α,β-unsaturated/α-hetero) is 1. The topological polar surface area (TPSA) is 17.1 Å². The van der Waals surface area contributed by atoms with Gasteiger partial charge in [-0.05, 0) is 53.7 Å². The van der Waals surface area contributed by atoms with E-state index < -0.39 is 0 Å². The van der Waals surface area contributed by atoms with E-state index in [1.54, 1.807) is 6.07 Å². The Kier molecular flexibility index (Phi) is 3.60. The number of carbonyl (C=O) groups is 1. The third-order valence-electron chi connectivity index (χ3n) is 5.09. The standard InChI is InChI=1S/C21H19FO/c22-16-11-12-17-18(13-16)19(14-7-3-1-4-8-14)20(21(17)23)15-9-5-2-6-10-15/h1,3-4,7-8,11-13,15H,2,5-6,9-10H2. The van der Waals surface area contributed by atoms with Crippen LogP contribution in [0.15, 0.2) is 54.1 Å². The molecule has 0 aliphatic heterocycles. The summed E-state index contributed by atoms with van der Waals surface area (Å²) in [5.41, 5.74) is 4.31. The molecule has 2 aliphatic carbocycles. The van der Waals surface area contributed by atoms with E-state index in [0.29, 0.717) is 11.5 Å². The van der Waals surface area contributed by atoms with E-state index in [-0.39, 0.29) is 11.6 Å². The van der Waals surface area contributed by atoms with Gasteiger partial charge >= 0.3 is 0 Å². The first-order valence-electron chi connectivity index (χ1n) is 8.40. The highest BCUT2D eigenvalue weighted by Gasteiger charge is 2.35. The average molecular weight is 306 g/mol. The van der Waals surface area contributed by atoms with Gasteiger partial charge in [-0.3, -0.25) is 4.79 Å². The van der Waals surface area contributed by atoms with E-state index in [2.05, 4.69) is 0 Å². The number of hydrogen-bond donors (Lipinski definition) is 0. The van der Waals surface area contributed by atoms with Gasteiger partial charge < -0.3 is 0 Å². The first-order valence-corrected chi connectivity index (χ1v) is 8.40. The predicted molar refractivity (Wildman–Crippen MR) is 89.8 cm³/mol. The second-order valence-corrected chi connectivity index (χ2v) is 6.51. The fourth-order valence-electron chi connectivity index (χ4n) is 4.02. The molecular formula is C21H19FO. The van der Waals surface area contributed by atoms with Crippen LogP contribution in [-0.4, -0.2) is 5.78 Å². The highest BCUT2D eigenvalue weighted by atomic mass is 19.1. The molecule has 2 heteroatoms. The fourth-order valence-corrected chi connectivity index (χ4v) is 4.02. The monoisotopic (exact) mass is 306 g/mol. The molecular weight excluding hydrogens is 287 g/mol. The van der Waals surface area contributed by atoms with Crippen molar-refractivity contribution in [2.75, 3.05) is 0 Å². The molecule has 1 saturated carbocycles. The van der Waals surface area contributed by atoms with E-state index in [0.717, 1.165) is 35.1 Å². The molecule has 2 aromatic carbocycles. The average Bonchev–Trinajstić information content (AvgIpc) is 2.88. The van der Waals surface area contributed by atoms with Crippen LogP contribution in [0.25, 0.3) is 5.57 Å². The molecule has 0 unspecified atom stereocenters. The van der Waals surface area contributed by atoms with E-state index >= 15 is 0 Å². The van der Waals surface area contributed by atoms with Crippen LogP contribution < -0.4 is 0 Å². The summed E-state index contributed by atoms with van der Waals surface area (Å²) in [4.78, 5) is 13.0. The van der Waals surface area contributed by atoms with Crippen LogP contribution in [0.3, 0.4) is 0 Å². The molecule has 0 saturated heterocycles. The number of halogens is 1. The lowest BCUT2D eigenvalue weighted by molar-refractivity contribution is 0.102. The lowest BCUT2D eigenvalue weighted by Gasteiger charge is -2.23. The molecule has 1 nitrogen and oxygen atoms in total. The van der Waals surface area contributed by atoms with Gasteiger partial charge in [-0.2, -0.15) is 0 Å². The maximum absolute atomic E-state index is 13.8. The van der Waals surface area contributed by atoms with Crippen molar-refractivity contribution in [1.82, 2.24) is 0 Å². The van der Waals surface area contributed by atoms with Crippen LogP contribution in [0.2, 0.25) is 0 Å². The Balaban J connectivity index is 1.93. The second kappa shape index (κ2) is 5.77. The lowest BCUT2D eigenvalue weighted by atomic mass is 9.80. The van der Waals surface area contributed by atoms with Crippen LogP contribution in [-0.2, 0) is 0 Å². The predicted octanol–water partition coefficient (Wildman–Crippen LogP) is 5.40. The minimum Gasteiger partial charge on any atom is -0.289 e. The molecule has 23 heavy (non-hydrogen) atoms. The molecule has 0 aromatic heterocycles. The van der Waals surface area contributed by atoms with Gasteiger partial charge in [-0.25, -0.2) is 4.39 Å². The van der Waals surface area contributed by atoms with Crippen molar-refractivity contribution in [3.05, 3.63) is 76.6 Å². The number of benzene rings is 2. The van der Waals surface area contributed by atoms with E-state index in [1.165, 1.54) is 31.4 Å². The number of hydrogen-bond acceptors (Lipinski definition) is 1. The number of carbonyl (C=O) groups excluding carboxylic acids is 1. The van der Waals surface area contributed by atoms with Gasteiger partial charge in [-0.1, -0.05) is 49.6 Å². The Bertz CT molecular complexity index is 783. The number of rotatable bonds is 2. The van der Waals surface area contributed by atoms with Crippen molar-refractivity contribution in [3.8, 4) is 0 Å². The van der Waals surface area contributed by atoms with E-state index in [4.69, 9.17) is 0 Å². The van der Waals surface area contributed by atoms with Crippen LogP contribution >= 0.6 is 0 Å². The summed E-state index contributed by atoms with van der Waals surface area (Å²) >= 11 is 0. The third-order valence-corrected chi connectivity index (χ3v) is 5.09. The van der Waals surface area contributed by atoms with Gasteiger partial charge in [0.05, 0.1) is 0 Å².